The lowest BCUT2D eigenvalue weighted by molar-refractivity contribution is -0.133. The van der Waals surface area contributed by atoms with Gasteiger partial charge in [-0.2, -0.15) is 0 Å². The molecule has 2 N–H and O–H groups in total. The van der Waals surface area contributed by atoms with Crippen molar-refractivity contribution in [2.75, 3.05) is 19.7 Å². The molecule has 0 aromatic heterocycles. The van der Waals surface area contributed by atoms with Gasteiger partial charge in [-0.3, -0.25) is 20.4 Å². The number of rotatable bonds is 7. The van der Waals surface area contributed by atoms with Crippen molar-refractivity contribution in [2.45, 2.75) is 65.6 Å². The molecule has 32 heavy (non-hydrogen) atoms. The van der Waals surface area contributed by atoms with E-state index in [0.29, 0.717) is 38.3 Å². The fraction of sp³-hybridized carbons (Fsp3) is 0.609. The zero-order valence-corrected chi connectivity index (χ0v) is 19.6. The molecule has 1 aromatic carbocycles. The number of hydrogen-bond acceptors (Lipinski definition) is 6. The van der Waals surface area contributed by atoms with Gasteiger partial charge in [0.2, 0.25) is 5.91 Å². The molecule has 178 valence electrons. The molecule has 1 unspecified atom stereocenters. The van der Waals surface area contributed by atoms with E-state index in [0.717, 1.165) is 5.75 Å². The Labute approximate surface area is 189 Å². The highest BCUT2D eigenvalue weighted by Gasteiger charge is 2.28. The Hall–Kier alpha value is -2.97. The fourth-order valence-electron chi connectivity index (χ4n) is 3.23. The van der Waals surface area contributed by atoms with Crippen LogP contribution in [0.2, 0.25) is 0 Å². The van der Waals surface area contributed by atoms with Gasteiger partial charge >= 0.3 is 6.09 Å². The number of piperidine rings is 1. The molecule has 1 atom stereocenters. The predicted molar refractivity (Wildman–Crippen MR) is 119 cm³/mol. The third-order valence-corrected chi connectivity index (χ3v) is 4.88. The Morgan fingerprint density at radius 3 is 2.22 bits per heavy atom. The summed E-state index contributed by atoms with van der Waals surface area (Å²) in [5.41, 5.74) is 4.32. The molecule has 3 amide bonds. The quantitative estimate of drug-likeness (QED) is 0.620. The van der Waals surface area contributed by atoms with Gasteiger partial charge in [-0.1, -0.05) is 0 Å². The predicted octanol–water partition coefficient (Wildman–Crippen LogP) is 3.04. The average molecular weight is 450 g/mol. The van der Waals surface area contributed by atoms with Gasteiger partial charge in [0, 0.05) is 19.5 Å². The van der Waals surface area contributed by atoms with Gasteiger partial charge in [0.15, 0.2) is 6.10 Å². The number of carbonyl (C=O) groups excluding carboxylic acids is 3. The SMILES string of the molecule is CCOc1ccc(OC(C)C(=O)NNC(=O)CC2CCN(C(=O)OC(C)(C)C)CC2)cc1. The first-order valence-corrected chi connectivity index (χ1v) is 11.0. The van der Waals surface area contributed by atoms with Crippen LogP contribution in [0.5, 0.6) is 11.5 Å². The molecule has 0 saturated carbocycles. The van der Waals surface area contributed by atoms with Crippen LogP contribution in [0.4, 0.5) is 4.79 Å². The van der Waals surface area contributed by atoms with Gasteiger partial charge in [0.25, 0.3) is 5.91 Å². The number of likely N-dealkylation sites (tertiary alicyclic amines) is 1. The number of hydrazine groups is 1. The van der Waals surface area contributed by atoms with Gasteiger partial charge in [-0.05, 0) is 77.6 Å². The second-order valence-corrected chi connectivity index (χ2v) is 8.82. The molecule has 1 aromatic rings. The fourth-order valence-corrected chi connectivity index (χ4v) is 3.23. The molecule has 0 bridgehead atoms. The topological polar surface area (TPSA) is 106 Å². The highest BCUT2D eigenvalue weighted by atomic mass is 16.6. The number of ether oxygens (including phenoxy) is 3. The van der Waals surface area contributed by atoms with Crippen molar-refractivity contribution >= 4 is 17.9 Å². The molecule has 1 aliphatic rings. The van der Waals surface area contributed by atoms with Crippen molar-refractivity contribution in [1.29, 1.82) is 0 Å². The van der Waals surface area contributed by atoms with Gasteiger partial charge in [-0.25, -0.2) is 4.79 Å². The largest absolute Gasteiger partial charge is 0.494 e. The van der Waals surface area contributed by atoms with Crippen LogP contribution in [0.25, 0.3) is 0 Å². The van der Waals surface area contributed by atoms with E-state index in [1.807, 2.05) is 27.7 Å². The van der Waals surface area contributed by atoms with E-state index in [2.05, 4.69) is 10.9 Å². The zero-order valence-electron chi connectivity index (χ0n) is 19.6. The Morgan fingerprint density at radius 2 is 1.66 bits per heavy atom. The molecule has 0 spiro atoms. The maximum atomic E-state index is 12.2. The summed E-state index contributed by atoms with van der Waals surface area (Å²) in [7, 11) is 0. The summed E-state index contributed by atoms with van der Waals surface area (Å²) in [6.45, 7) is 10.7. The number of amides is 3. The molecular formula is C23H35N3O6. The van der Waals surface area contributed by atoms with Crippen molar-refractivity contribution in [3.05, 3.63) is 24.3 Å². The molecule has 1 fully saturated rings. The first-order chi connectivity index (χ1) is 15.1. The number of hydrogen-bond donors (Lipinski definition) is 2. The van der Waals surface area contributed by atoms with Crippen LogP contribution in [-0.4, -0.2) is 54.2 Å². The molecule has 1 aliphatic heterocycles. The van der Waals surface area contributed by atoms with Crippen molar-refractivity contribution in [2.24, 2.45) is 5.92 Å². The van der Waals surface area contributed by atoms with Gasteiger partial charge in [-0.15, -0.1) is 0 Å². The summed E-state index contributed by atoms with van der Waals surface area (Å²) in [6, 6.07) is 6.96. The van der Waals surface area contributed by atoms with Crippen LogP contribution in [0.15, 0.2) is 24.3 Å². The first kappa shape index (κ1) is 25.3. The first-order valence-electron chi connectivity index (χ1n) is 11.0. The minimum atomic E-state index is -0.787. The average Bonchev–Trinajstić information content (AvgIpc) is 2.73. The second kappa shape index (κ2) is 11.6. The monoisotopic (exact) mass is 449 g/mol. The van der Waals surface area contributed by atoms with E-state index in [9.17, 15) is 14.4 Å². The highest BCUT2D eigenvalue weighted by Crippen LogP contribution is 2.22. The summed E-state index contributed by atoms with van der Waals surface area (Å²) < 4.78 is 16.3. The van der Waals surface area contributed by atoms with Crippen LogP contribution in [-0.2, 0) is 14.3 Å². The number of nitrogens with one attached hydrogen (secondary N) is 2. The molecule has 1 heterocycles. The van der Waals surface area contributed by atoms with Crippen LogP contribution < -0.4 is 20.3 Å². The summed E-state index contributed by atoms with van der Waals surface area (Å²) in [5.74, 6) is 0.665. The van der Waals surface area contributed by atoms with Crippen molar-refractivity contribution < 1.29 is 28.6 Å². The van der Waals surface area contributed by atoms with Crippen LogP contribution in [0, 0.1) is 5.92 Å². The lowest BCUT2D eigenvalue weighted by Crippen LogP contribution is -2.48. The minimum absolute atomic E-state index is 0.142. The maximum absolute atomic E-state index is 12.2. The number of benzene rings is 1. The molecule has 2 rings (SSSR count). The Balaban J connectivity index is 1.68. The van der Waals surface area contributed by atoms with Crippen LogP contribution in [0.3, 0.4) is 0 Å². The van der Waals surface area contributed by atoms with Crippen LogP contribution >= 0.6 is 0 Å². The smallest absolute Gasteiger partial charge is 0.410 e. The van der Waals surface area contributed by atoms with E-state index in [1.165, 1.54) is 0 Å². The normalized spacial score (nSPS) is 15.5. The van der Waals surface area contributed by atoms with E-state index in [4.69, 9.17) is 14.2 Å². The molecule has 0 aliphatic carbocycles. The summed E-state index contributed by atoms with van der Waals surface area (Å²) in [5, 5.41) is 0. The molecular weight excluding hydrogens is 414 g/mol. The highest BCUT2D eigenvalue weighted by molar-refractivity contribution is 5.84. The van der Waals surface area contributed by atoms with E-state index in [1.54, 1.807) is 36.1 Å². The third-order valence-electron chi connectivity index (χ3n) is 4.88. The van der Waals surface area contributed by atoms with Crippen molar-refractivity contribution in [1.82, 2.24) is 15.8 Å². The summed E-state index contributed by atoms with van der Waals surface area (Å²) >= 11 is 0. The zero-order chi connectivity index (χ0) is 23.7. The Kier molecular flexibility index (Phi) is 9.16. The van der Waals surface area contributed by atoms with Gasteiger partial charge in [0.1, 0.15) is 17.1 Å². The standard InChI is InChI=1S/C23H35N3O6/c1-6-30-18-7-9-19(10-8-18)31-16(2)21(28)25-24-20(27)15-17-11-13-26(14-12-17)22(29)32-23(3,4)5/h7-10,16-17H,6,11-15H2,1-5H3,(H,24,27)(H,25,28). The molecule has 1 saturated heterocycles. The summed E-state index contributed by atoms with van der Waals surface area (Å²) in [6.07, 6.45) is 0.575. The van der Waals surface area contributed by atoms with Crippen molar-refractivity contribution in [3.63, 3.8) is 0 Å². The van der Waals surface area contributed by atoms with E-state index < -0.39 is 17.6 Å². The third kappa shape index (κ3) is 8.64. The Morgan fingerprint density at radius 1 is 1.06 bits per heavy atom. The lowest BCUT2D eigenvalue weighted by atomic mass is 9.93. The molecule has 9 nitrogen and oxygen atoms in total. The van der Waals surface area contributed by atoms with E-state index >= 15 is 0 Å². The van der Waals surface area contributed by atoms with Crippen molar-refractivity contribution in [3.8, 4) is 11.5 Å². The van der Waals surface area contributed by atoms with E-state index in [-0.39, 0.29) is 24.3 Å². The maximum Gasteiger partial charge on any atom is 0.410 e. The number of nitrogens with zero attached hydrogens (tertiary/aromatic N) is 1. The summed E-state index contributed by atoms with van der Waals surface area (Å²) in [4.78, 5) is 38.2. The van der Waals surface area contributed by atoms with Crippen LogP contribution in [0.1, 0.15) is 53.9 Å². The lowest BCUT2D eigenvalue weighted by Gasteiger charge is -2.33. The van der Waals surface area contributed by atoms with Gasteiger partial charge in [0.05, 0.1) is 6.61 Å². The Bertz CT molecular complexity index is 767. The minimum Gasteiger partial charge on any atom is -0.494 e. The molecule has 9 heteroatoms. The number of carbonyl (C=O) groups is 3. The second-order valence-electron chi connectivity index (χ2n) is 8.82. The van der Waals surface area contributed by atoms with Gasteiger partial charge < -0.3 is 19.1 Å². The molecule has 0 radical (unpaired) electrons.